The van der Waals surface area contributed by atoms with Gasteiger partial charge in [0.1, 0.15) is 12.4 Å². The lowest BCUT2D eigenvalue weighted by Gasteiger charge is -2.22. The minimum atomic E-state index is -0.255. The highest BCUT2D eigenvalue weighted by molar-refractivity contribution is 6.06. The van der Waals surface area contributed by atoms with Crippen LogP contribution in [0.1, 0.15) is 55.1 Å². The lowest BCUT2D eigenvalue weighted by Crippen LogP contribution is -2.34. The molecule has 2 amide bonds. The monoisotopic (exact) mass is 461 g/mol. The van der Waals surface area contributed by atoms with Gasteiger partial charge in [-0.15, -0.1) is 0 Å². The van der Waals surface area contributed by atoms with Crippen LogP contribution >= 0.6 is 0 Å². The van der Waals surface area contributed by atoms with Crippen LogP contribution in [0.3, 0.4) is 0 Å². The number of hydrogen-bond acceptors (Lipinski definition) is 6. The van der Waals surface area contributed by atoms with Crippen molar-refractivity contribution in [3.05, 3.63) is 64.7 Å². The van der Waals surface area contributed by atoms with Crippen molar-refractivity contribution >= 4 is 35.1 Å². The minimum absolute atomic E-state index is 0.0312. The Morgan fingerprint density at radius 3 is 2.50 bits per heavy atom. The Labute approximate surface area is 199 Å². The molecule has 0 aliphatic carbocycles. The summed E-state index contributed by atoms with van der Waals surface area (Å²) in [6.45, 7) is 7.46. The van der Waals surface area contributed by atoms with Gasteiger partial charge < -0.3 is 16.4 Å². The van der Waals surface area contributed by atoms with Gasteiger partial charge in [-0.2, -0.15) is 0 Å². The molecule has 2 heterocycles. The highest BCUT2D eigenvalue weighted by atomic mass is 16.7. The van der Waals surface area contributed by atoms with E-state index in [-0.39, 0.29) is 30.4 Å². The van der Waals surface area contributed by atoms with Crippen molar-refractivity contribution in [3.63, 3.8) is 0 Å². The lowest BCUT2D eigenvalue weighted by atomic mass is 10.0. The number of carbonyl (C=O) groups is 2. The average molecular weight is 462 g/mol. The first-order valence-corrected chi connectivity index (χ1v) is 11.5. The zero-order chi connectivity index (χ0) is 24.5. The van der Waals surface area contributed by atoms with Crippen LogP contribution in [0, 0.1) is 0 Å². The molecule has 0 unspecified atom stereocenters. The van der Waals surface area contributed by atoms with Crippen LogP contribution in [0.15, 0.2) is 53.0 Å². The van der Waals surface area contributed by atoms with Gasteiger partial charge in [-0.3, -0.25) is 14.4 Å². The number of amidine groups is 1. The Hall–Kier alpha value is -3.65. The number of nitrogens with zero attached hydrogens (tertiary/aromatic N) is 3. The van der Waals surface area contributed by atoms with E-state index in [2.05, 4.69) is 4.99 Å². The maximum Gasteiger partial charge on any atom is 0.273 e. The molecule has 0 spiro atoms. The molecule has 4 rings (SSSR count). The van der Waals surface area contributed by atoms with E-state index in [4.69, 9.17) is 16.3 Å². The van der Waals surface area contributed by atoms with Gasteiger partial charge in [-0.1, -0.05) is 25.1 Å². The van der Waals surface area contributed by atoms with Crippen LogP contribution in [-0.2, 0) is 16.2 Å². The third kappa shape index (κ3) is 5.12. The maximum atomic E-state index is 13.4. The second-order valence-corrected chi connectivity index (χ2v) is 9.35. The Morgan fingerprint density at radius 2 is 1.85 bits per heavy atom. The summed E-state index contributed by atoms with van der Waals surface area (Å²) in [7, 11) is 0. The van der Waals surface area contributed by atoms with E-state index in [9.17, 15) is 9.59 Å². The molecule has 4 N–H and O–H groups in total. The second kappa shape index (κ2) is 9.30. The number of hydroxylamine groups is 2. The van der Waals surface area contributed by atoms with Crippen molar-refractivity contribution in [1.82, 2.24) is 9.96 Å². The van der Waals surface area contributed by atoms with Gasteiger partial charge in [0.15, 0.2) is 0 Å². The fourth-order valence-electron chi connectivity index (χ4n) is 3.87. The van der Waals surface area contributed by atoms with Crippen molar-refractivity contribution in [2.24, 2.45) is 10.7 Å². The summed E-state index contributed by atoms with van der Waals surface area (Å²) >= 11 is 0. The molecule has 2 aromatic rings. The number of hydrogen-bond donors (Lipinski definition) is 2. The second-order valence-electron chi connectivity index (χ2n) is 9.35. The number of benzene rings is 2. The molecule has 1 fully saturated rings. The Kier molecular flexibility index (Phi) is 6.43. The van der Waals surface area contributed by atoms with Gasteiger partial charge in [0.2, 0.25) is 0 Å². The predicted molar refractivity (Wildman–Crippen MR) is 133 cm³/mol. The van der Waals surface area contributed by atoms with Gasteiger partial charge >= 0.3 is 0 Å². The number of nitrogen functional groups attached to an aromatic ring is 1. The van der Waals surface area contributed by atoms with Crippen LogP contribution < -0.4 is 11.5 Å². The summed E-state index contributed by atoms with van der Waals surface area (Å²) in [5.41, 5.74) is 15.7. The van der Waals surface area contributed by atoms with E-state index < -0.39 is 0 Å². The fraction of sp³-hybridized carbons (Fsp3) is 0.346. The van der Waals surface area contributed by atoms with Crippen LogP contribution in [0.5, 0.6) is 0 Å². The van der Waals surface area contributed by atoms with Crippen molar-refractivity contribution in [2.75, 3.05) is 18.8 Å². The van der Waals surface area contributed by atoms with E-state index in [1.54, 1.807) is 30.3 Å². The van der Waals surface area contributed by atoms with Crippen molar-refractivity contribution < 1.29 is 14.4 Å². The number of carbonyl (C=O) groups excluding carboxylic acids is 2. The molecule has 1 saturated heterocycles. The molecule has 0 radical (unpaired) electrons. The summed E-state index contributed by atoms with van der Waals surface area (Å²) in [5.74, 6) is 0.0237. The highest BCUT2D eigenvalue weighted by Gasteiger charge is 2.46. The van der Waals surface area contributed by atoms with E-state index >= 15 is 0 Å². The van der Waals surface area contributed by atoms with Crippen molar-refractivity contribution in [2.45, 2.75) is 45.8 Å². The van der Waals surface area contributed by atoms with Gasteiger partial charge in [-0.25, -0.2) is 10.1 Å². The first kappa shape index (κ1) is 23.5. The predicted octanol–water partition coefficient (Wildman–Crippen LogP) is 3.65. The van der Waals surface area contributed by atoms with Gasteiger partial charge in [0.05, 0.1) is 11.2 Å². The molecule has 178 valence electrons. The molecular formula is C26H31N5O3. The SMILES string of the molecule is CCCN(OCc1ccc(N)cc1)C(=O)C1=Cc2ccc(C(=O)N3CC3(C)C)cc2N=C(N)C1. The van der Waals surface area contributed by atoms with E-state index in [0.717, 1.165) is 24.1 Å². The number of nitrogens with two attached hydrogens (primary N) is 2. The summed E-state index contributed by atoms with van der Waals surface area (Å²) in [5, 5.41) is 1.38. The molecule has 0 saturated carbocycles. The first-order chi connectivity index (χ1) is 16.2. The largest absolute Gasteiger partial charge is 0.399 e. The summed E-state index contributed by atoms with van der Waals surface area (Å²) < 4.78 is 0. The molecule has 8 nitrogen and oxygen atoms in total. The molecule has 0 bridgehead atoms. The number of rotatable bonds is 7. The summed E-state index contributed by atoms with van der Waals surface area (Å²) in [6, 6.07) is 12.7. The summed E-state index contributed by atoms with van der Waals surface area (Å²) in [4.78, 5) is 38.3. The lowest BCUT2D eigenvalue weighted by molar-refractivity contribution is -0.187. The fourth-order valence-corrected chi connectivity index (χ4v) is 3.87. The van der Waals surface area contributed by atoms with Crippen molar-refractivity contribution in [3.8, 4) is 0 Å². The number of amides is 2. The Balaban J connectivity index is 1.54. The normalized spacial score (nSPS) is 16.1. The van der Waals surface area contributed by atoms with Gasteiger partial charge in [0.25, 0.3) is 11.8 Å². The third-order valence-corrected chi connectivity index (χ3v) is 5.95. The number of anilines is 1. The number of fused-ring (bicyclic) bond motifs is 1. The smallest absolute Gasteiger partial charge is 0.273 e. The van der Waals surface area contributed by atoms with Crippen molar-refractivity contribution in [1.29, 1.82) is 0 Å². The van der Waals surface area contributed by atoms with Crippen LogP contribution in [0.25, 0.3) is 6.08 Å². The van der Waals surface area contributed by atoms with Crippen LogP contribution in [0.4, 0.5) is 11.4 Å². The van der Waals surface area contributed by atoms with E-state index in [1.165, 1.54) is 5.06 Å². The topological polar surface area (TPSA) is 114 Å². The molecule has 2 aliphatic rings. The first-order valence-electron chi connectivity index (χ1n) is 11.5. The minimum Gasteiger partial charge on any atom is -0.399 e. The number of aliphatic imine (C=N–C) groups is 1. The maximum absolute atomic E-state index is 13.4. The zero-order valence-corrected chi connectivity index (χ0v) is 19.9. The molecular weight excluding hydrogens is 430 g/mol. The highest BCUT2D eigenvalue weighted by Crippen LogP contribution is 2.34. The van der Waals surface area contributed by atoms with Gasteiger partial charge in [0, 0.05) is 41.9 Å². The molecule has 0 aromatic heterocycles. The van der Waals surface area contributed by atoms with Crippen LogP contribution in [-0.4, -0.2) is 46.2 Å². The van der Waals surface area contributed by atoms with E-state index in [0.29, 0.717) is 34.9 Å². The average Bonchev–Trinajstić information content (AvgIpc) is 3.48. The van der Waals surface area contributed by atoms with E-state index in [1.807, 2.05) is 43.9 Å². The molecule has 34 heavy (non-hydrogen) atoms. The Bertz CT molecular complexity index is 1170. The molecule has 8 heteroatoms. The quantitative estimate of drug-likeness (QED) is 0.371. The standard InChI is InChI=1S/C26H31N5O3/c1-4-11-31(34-15-17-5-9-21(27)10-6-17)25(33)20-12-18-7-8-19(13-22(18)29-23(28)14-20)24(32)30-16-26(30,2)3/h5-10,12-13H,4,11,14-16,27H2,1-3H3,(H2,28,29). The van der Waals surface area contributed by atoms with Crippen LogP contribution in [0.2, 0.25) is 0 Å². The molecule has 2 aliphatic heterocycles. The van der Waals surface area contributed by atoms with Gasteiger partial charge in [-0.05, 0) is 56.2 Å². The molecule has 0 atom stereocenters. The zero-order valence-electron chi connectivity index (χ0n) is 19.9. The summed E-state index contributed by atoms with van der Waals surface area (Å²) in [6.07, 6.45) is 2.71. The third-order valence-electron chi connectivity index (χ3n) is 5.95. The Morgan fingerprint density at radius 1 is 1.15 bits per heavy atom. The molecule has 2 aromatic carbocycles.